The standard InChI is InChI=1S/C18H18N4/c1-3-9-21-10-8-13-12(2)14(11-19)17-20-15-6-4-5-7-16(15)22(17)18(13)21/h4-7H,3,8-10H2,1-2H3/p+1. The highest BCUT2D eigenvalue weighted by Gasteiger charge is 2.33. The summed E-state index contributed by atoms with van der Waals surface area (Å²) in [6.07, 6.45) is 2.15. The van der Waals surface area contributed by atoms with E-state index in [4.69, 9.17) is 0 Å². The maximum Gasteiger partial charge on any atom is 0.250 e. The highest BCUT2D eigenvalue weighted by molar-refractivity contribution is 5.78. The molecule has 0 saturated carbocycles. The lowest BCUT2D eigenvalue weighted by Crippen LogP contribution is -2.34. The Bertz CT molecular complexity index is 930. The monoisotopic (exact) mass is 291 g/mol. The third-order valence-electron chi connectivity index (χ3n) is 4.70. The molecule has 2 aromatic heterocycles. The minimum Gasteiger partial charge on any atom is -0.292 e. The molecule has 1 aromatic carbocycles. The molecule has 3 aromatic rings. The van der Waals surface area contributed by atoms with Crippen molar-refractivity contribution in [3.8, 4) is 6.07 Å². The molecule has 1 aliphatic heterocycles. The molecule has 0 saturated heterocycles. The van der Waals surface area contributed by atoms with Crippen molar-refractivity contribution < 1.29 is 4.40 Å². The Morgan fingerprint density at radius 1 is 1.36 bits per heavy atom. The predicted octanol–water partition coefficient (Wildman–Crippen LogP) is 2.86. The number of hydrogen-bond donors (Lipinski definition) is 1. The molecular formula is C18H19N4+. The third kappa shape index (κ3) is 1.59. The Morgan fingerprint density at radius 3 is 2.95 bits per heavy atom. The number of aromatic amines is 1. The second-order valence-corrected chi connectivity index (χ2v) is 5.98. The van der Waals surface area contributed by atoms with Gasteiger partial charge in [0, 0.05) is 12.0 Å². The number of imidazole rings is 1. The second kappa shape index (κ2) is 4.74. The molecule has 0 radical (unpaired) electrons. The van der Waals surface area contributed by atoms with Crippen molar-refractivity contribution in [3.63, 3.8) is 0 Å². The zero-order chi connectivity index (χ0) is 15.3. The smallest absolute Gasteiger partial charge is 0.250 e. The van der Waals surface area contributed by atoms with E-state index in [9.17, 15) is 5.26 Å². The highest BCUT2D eigenvalue weighted by atomic mass is 15.3. The molecule has 4 nitrogen and oxygen atoms in total. The van der Waals surface area contributed by atoms with Crippen LogP contribution in [0.4, 0.5) is 5.82 Å². The van der Waals surface area contributed by atoms with Gasteiger partial charge in [-0.1, -0.05) is 19.1 Å². The van der Waals surface area contributed by atoms with Crippen LogP contribution in [0.5, 0.6) is 0 Å². The number of para-hydroxylation sites is 2. The van der Waals surface area contributed by atoms with Crippen molar-refractivity contribution in [2.45, 2.75) is 26.7 Å². The maximum absolute atomic E-state index is 9.65. The Kier molecular flexibility index (Phi) is 2.83. The van der Waals surface area contributed by atoms with Gasteiger partial charge in [0.25, 0.3) is 0 Å². The van der Waals surface area contributed by atoms with Crippen LogP contribution >= 0.6 is 0 Å². The Labute approximate surface area is 129 Å². The summed E-state index contributed by atoms with van der Waals surface area (Å²) in [6, 6.07) is 10.7. The summed E-state index contributed by atoms with van der Waals surface area (Å²) < 4.78 is 2.25. The van der Waals surface area contributed by atoms with Gasteiger partial charge in [-0.05, 0) is 31.0 Å². The lowest BCUT2D eigenvalue weighted by Gasteiger charge is -2.14. The van der Waals surface area contributed by atoms with Gasteiger partial charge in [-0.3, -0.25) is 9.88 Å². The first-order valence-corrected chi connectivity index (χ1v) is 7.89. The van der Waals surface area contributed by atoms with Gasteiger partial charge in [0.15, 0.2) is 0 Å². The summed E-state index contributed by atoms with van der Waals surface area (Å²) in [5.74, 6) is 1.27. The first kappa shape index (κ1) is 13.1. The van der Waals surface area contributed by atoms with Crippen molar-refractivity contribution in [2.75, 3.05) is 18.0 Å². The normalized spacial score (nSPS) is 13.8. The number of hydrogen-bond acceptors (Lipinski definition) is 2. The zero-order valence-electron chi connectivity index (χ0n) is 13.0. The van der Waals surface area contributed by atoms with E-state index in [1.54, 1.807) is 0 Å². The van der Waals surface area contributed by atoms with E-state index in [-0.39, 0.29) is 0 Å². The lowest BCUT2D eigenvalue weighted by atomic mass is 10.0. The quantitative estimate of drug-likeness (QED) is 0.738. The molecule has 4 heteroatoms. The molecule has 1 N–H and O–H groups in total. The van der Waals surface area contributed by atoms with Crippen molar-refractivity contribution in [1.82, 2.24) is 4.98 Å². The van der Waals surface area contributed by atoms with E-state index in [1.807, 2.05) is 6.07 Å². The number of nitrogens with zero attached hydrogens (tertiary/aromatic N) is 3. The van der Waals surface area contributed by atoms with Crippen molar-refractivity contribution in [1.29, 1.82) is 5.26 Å². The largest absolute Gasteiger partial charge is 0.292 e. The first-order valence-electron chi connectivity index (χ1n) is 7.89. The number of nitrogens with one attached hydrogen (secondary N) is 1. The van der Waals surface area contributed by atoms with Crippen LogP contribution in [-0.4, -0.2) is 18.1 Å². The Balaban J connectivity index is 2.20. The van der Waals surface area contributed by atoms with Crippen LogP contribution in [0.2, 0.25) is 0 Å². The molecule has 0 spiro atoms. The average molecular weight is 291 g/mol. The van der Waals surface area contributed by atoms with Gasteiger partial charge in [-0.25, -0.2) is 0 Å². The van der Waals surface area contributed by atoms with Crippen LogP contribution in [0.15, 0.2) is 24.3 Å². The maximum atomic E-state index is 9.65. The Hall–Kier alpha value is -2.54. The van der Waals surface area contributed by atoms with Crippen LogP contribution in [0.1, 0.15) is 30.0 Å². The molecule has 0 atom stereocenters. The van der Waals surface area contributed by atoms with Crippen LogP contribution in [0.25, 0.3) is 16.7 Å². The van der Waals surface area contributed by atoms with Crippen LogP contribution in [0.3, 0.4) is 0 Å². The van der Waals surface area contributed by atoms with E-state index in [1.165, 1.54) is 11.4 Å². The molecule has 3 heterocycles. The summed E-state index contributed by atoms with van der Waals surface area (Å²) in [5, 5.41) is 9.65. The third-order valence-corrected chi connectivity index (χ3v) is 4.70. The van der Waals surface area contributed by atoms with E-state index in [0.717, 1.165) is 53.7 Å². The van der Waals surface area contributed by atoms with Gasteiger partial charge in [0.1, 0.15) is 22.7 Å². The molecule has 1 aliphatic rings. The molecule has 0 fully saturated rings. The summed E-state index contributed by atoms with van der Waals surface area (Å²) in [6.45, 7) is 6.39. The van der Waals surface area contributed by atoms with E-state index in [2.05, 4.69) is 52.4 Å². The van der Waals surface area contributed by atoms with Gasteiger partial charge in [-0.2, -0.15) is 9.66 Å². The van der Waals surface area contributed by atoms with Gasteiger partial charge in [0.05, 0.1) is 13.1 Å². The molecule has 0 unspecified atom stereocenters. The lowest BCUT2D eigenvalue weighted by molar-refractivity contribution is -0.467. The fourth-order valence-electron chi connectivity index (χ4n) is 3.71. The minimum absolute atomic E-state index is 0.772. The Morgan fingerprint density at radius 2 is 2.18 bits per heavy atom. The van der Waals surface area contributed by atoms with Crippen molar-refractivity contribution >= 4 is 22.5 Å². The molecule has 4 rings (SSSR count). The van der Waals surface area contributed by atoms with Gasteiger partial charge in [0.2, 0.25) is 11.5 Å². The fraction of sp³-hybridized carbons (Fsp3) is 0.333. The van der Waals surface area contributed by atoms with Crippen LogP contribution in [0, 0.1) is 18.3 Å². The van der Waals surface area contributed by atoms with Gasteiger partial charge >= 0.3 is 0 Å². The number of H-pyrrole nitrogens is 1. The summed E-state index contributed by atoms with van der Waals surface area (Å²) in [5.41, 5.74) is 6.37. The van der Waals surface area contributed by atoms with Crippen LogP contribution in [-0.2, 0) is 6.42 Å². The molecule has 0 aliphatic carbocycles. The van der Waals surface area contributed by atoms with E-state index < -0.39 is 0 Å². The van der Waals surface area contributed by atoms with Crippen molar-refractivity contribution in [3.05, 3.63) is 41.0 Å². The topological polar surface area (TPSA) is 46.9 Å². The average Bonchev–Trinajstić information content (AvgIpc) is 3.09. The molecular weight excluding hydrogens is 272 g/mol. The number of anilines is 1. The number of benzene rings is 1. The van der Waals surface area contributed by atoms with Gasteiger partial charge < -0.3 is 0 Å². The number of nitriles is 1. The number of pyridine rings is 1. The number of rotatable bonds is 2. The fourth-order valence-corrected chi connectivity index (χ4v) is 3.71. The molecule has 110 valence electrons. The minimum atomic E-state index is 0.772. The highest BCUT2D eigenvalue weighted by Crippen LogP contribution is 2.32. The first-order chi connectivity index (χ1) is 10.8. The van der Waals surface area contributed by atoms with Gasteiger partial charge in [-0.15, -0.1) is 0 Å². The SMILES string of the molecule is CCCN1CCc2c(C)c(C#N)c3[nH]c4ccccc4[n+]3c21. The van der Waals surface area contributed by atoms with Crippen LogP contribution < -0.4 is 9.30 Å². The molecule has 0 amide bonds. The summed E-state index contributed by atoms with van der Waals surface area (Å²) in [7, 11) is 0. The zero-order valence-corrected chi connectivity index (χ0v) is 13.0. The summed E-state index contributed by atoms with van der Waals surface area (Å²) >= 11 is 0. The number of aromatic nitrogens is 2. The molecule has 0 bridgehead atoms. The number of fused-ring (bicyclic) bond motifs is 5. The second-order valence-electron chi connectivity index (χ2n) is 5.98. The summed E-state index contributed by atoms with van der Waals surface area (Å²) in [4.78, 5) is 5.90. The van der Waals surface area contributed by atoms with E-state index in [0.29, 0.717) is 0 Å². The predicted molar refractivity (Wildman–Crippen MR) is 87.1 cm³/mol. The molecule has 22 heavy (non-hydrogen) atoms. The van der Waals surface area contributed by atoms with Crippen molar-refractivity contribution in [2.24, 2.45) is 0 Å². The van der Waals surface area contributed by atoms with E-state index >= 15 is 0 Å².